The Hall–Kier alpha value is -2.74. The molecule has 2 aromatic heterocycles. The summed E-state index contributed by atoms with van der Waals surface area (Å²) in [6.07, 6.45) is 4.81. The highest BCUT2D eigenvalue weighted by Gasteiger charge is 2.38. The fraction of sp³-hybridized carbons (Fsp3) is 0.412. The van der Waals surface area contributed by atoms with Gasteiger partial charge in [-0.3, -0.25) is 19.5 Å². The van der Waals surface area contributed by atoms with Gasteiger partial charge in [0.05, 0.1) is 12.0 Å². The number of nitrogens with zero attached hydrogens (tertiary/aromatic N) is 3. The number of pyridine rings is 1. The Bertz CT molecular complexity index is 746. The molecule has 8 nitrogen and oxygen atoms in total. The van der Waals surface area contributed by atoms with Crippen LogP contribution in [0, 0.1) is 12.8 Å². The minimum atomic E-state index is -0.332. The van der Waals surface area contributed by atoms with Crippen LogP contribution >= 0.6 is 0 Å². The summed E-state index contributed by atoms with van der Waals surface area (Å²) in [6, 6.07) is 3.60. The van der Waals surface area contributed by atoms with E-state index in [4.69, 9.17) is 4.42 Å². The molecule has 3 heterocycles. The van der Waals surface area contributed by atoms with Gasteiger partial charge < -0.3 is 15.1 Å². The van der Waals surface area contributed by atoms with E-state index in [1.165, 1.54) is 6.26 Å². The van der Waals surface area contributed by atoms with Gasteiger partial charge in [-0.25, -0.2) is 4.98 Å². The average Bonchev–Trinajstić information content (AvgIpc) is 3.21. The Balaban J connectivity index is 1.69. The van der Waals surface area contributed by atoms with Gasteiger partial charge in [0.1, 0.15) is 6.26 Å². The molecule has 0 spiro atoms. The van der Waals surface area contributed by atoms with E-state index in [1.54, 1.807) is 26.4 Å². The van der Waals surface area contributed by atoms with Crippen molar-refractivity contribution in [3.05, 3.63) is 47.9 Å². The molecule has 1 fully saturated rings. The van der Waals surface area contributed by atoms with Crippen LogP contribution < -0.4 is 10.6 Å². The number of hydrogen-bond acceptors (Lipinski definition) is 6. The van der Waals surface area contributed by atoms with Crippen LogP contribution in [0.3, 0.4) is 0 Å². The van der Waals surface area contributed by atoms with Crippen LogP contribution in [0.5, 0.6) is 0 Å². The fourth-order valence-electron chi connectivity index (χ4n) is 3.07. The fourth-order valence-corrected chi connectivity index (χ4v) is 3.07. The number of amides is 2. The van der Waals surface area contributed by atoms with E-state index in [-0.39, 0.29) is 29.5 Å². The summed E-state index contributed by atoms with van der Waals surface area (Å²) >= 11 is 0. The monoisotopic (exact) mass is 343 g/mol. The predicted molar refractivity (Wildman–Crippen MR) is 89.6 cm³/mol. The molecule has 0 aliphatic carbocycles. The van der Waals surface area contributed by atoms with Gasteiger partial charge in [0.15, 0.2) is 11.6 Å². The summed E-state index contributed by atoms with van der Waals surface area (Å²) in [6.45, 7) is 3.54. The van der Waals surface area contributed by atoms with Crippen LogP contribution in [0.25, 0.3) is 0 Å². The summed E-state index contributed by atoms with van der Waals surface area (Å²) in [5, 5.41) is 5.59. The lowest BCUT2D eigenvalue weighted by atomic mass is 10.0. The predicted octanol–water partition coefficient (Wildman–Crippen LogP) is 0.354. The van der Waals surface area contributed by atoms with E-state index < -0.39 is 0 Å². The van der Waals surface area contributed by atoms with Crippen molar-refractivity contribution < 1.29 is 14.0 Å². The topological polar surface area (TPSA) is 100 Å². The summed E-state index contributed by atoms with van der Waals surface area (Å²) in [5.74, 6) is -0.303. The third-order valence-corrected chi connectivity index (χ3v) is 4.30. The van der Waals surface area contributed by atoms with E-state index in [9.17, 15) is 9.59 Å². The molecule has 1 saturated heterocycles. The highest BCUT2D eigenvalue weighted by atomic mass is 16.3. The van der Waals surface area contributed by atoms with Crippen molar-refractivity contribution in [2.24, 2.45) is 5.92 Å². The number of aromatic nitrogens is 2. The standard InChI is InChI=1S/C17H21N5O3/c1-11-20-15(10-25-11)17(24)21-14-9-22(8-13(14)16(23)18-2)7-12-3-5-19-6-4-12/h3-6,10,13-14H,7-9H2,1-2H3,(H,18,23)(H,21,24)/t13-,14-/m0/s1. The average molecular weight is 343 g/mol. The Morgan fingerprint density at radius 3 is 2.72 bits per heavy atom. The summed E-state index contributed by atoms with van der Waals surface area (Å²) in [5.41, 5.74) is 1.34. The van der Waals surface area contributed by atoms with Crippen LogP contribution in [0.15, 0.2) is 35.2 Å². The minimum Gasteiger partial charge on any atom is -0.448 e. The minimum absolute atomic E-state index is 0.0844. The molecular weight excluding hydrogens is 322 g/mol. The van der Waals surface area contributed by atoms with Crippen LogP contribution in [0.4, 0.5) is 0 Å². The maximum atomic E-state index is 12.3. The number of hydrogen-bond donors (Lipinski definition) is 2. The normalized spacial score (nSPS) is 20.4. The quantitative estimate of drug-likeness (QED) is 0.813. The lowest BCUT2D eigenvalue weighted by Crippen LogP contribution is -2.45. The Morgan fingerprint density at radius 1 is 1.32 bits per heavy atom. The first-order valence-corrected chi connectivity index (χ1v) is 8.12. The maximum absolute atomic E-state index is 12.3. The number of oxazole rings is 1. The maximum Gasteiger partial charge on any atom is 0.273 e. The van der Waals surface area contributed by atoms with E-state index in [1.807, 2.05) is 12.1 Å². The zero-order valence-electron chi connectivity index (χ0n) is 14.2. The van der Waals surface area contributed by atoms with Gasteiger partial charge in [-0.05, 0) is 17.7 Å². The largest absolute Gasteiger partial charge is 0.448 e. The van der Waals surface area contributed by atoms with Crippen molar-refractivity contribution in [2.75, 3.05) is 20.1 Å². The highest BCUT2D eigenvalue weighted by Crippen LogP contribution is 2.20. The number of likely N-dealkylation sites (tertiary alicyclic amines) is 1. The third kappa shape index (κ3) is 4.03. The van der Waals surface area contributed by atoms with Gasteiger partial charge in [-0.15, -0.1) is 0 Å². The molecular formula is C17H21N5O3. The van der Waals surface area contributed by atoms with Crippen molar-refractivity contribution >= 4 is 11.8 Å². The lowest BCUT2D eigenvalue weighted by molar-refractivity contribution is -0.124. The Morgan fingerprint density at radius 2 is 2.08 bits per heavy atom. The first-order valence-electron chi connectivity index (χ1n) is 8.12. The second-order valence-electron chi connectivity index (χ2n) is 6.10. The van der Waals surface area contributed by atoms with Gasteiger partial charge in [-0.2, -0.15) is 0 Å². The molecule has 0 unspecified atom stereocenters. The molecule has 2 amide bonds. The van der Waals surface area contributed by atoms with Gasteiger partial charge in [0.25, 0.3) is 5.91 Å². The van der Waals surface area contributed by atoms with E-state index in [0.29, 0.717) is 25.5 Å². The van der Waals surface area contributed by atoms with E-state index in [2.05, 4.69) is 25.5 Å². The van der Waals surface area contributed by atoms with E-state index in [0.717, 1.165) is 5.56 Å². The van der Waals surface area contributed by atoms with E-state index >= 15 is 0 Å². The molecule has 8 heteroatoms. The zero-order chi connectivity index (χ0) is 17.8. The van der Waals surface area contributed by atoms with Gasteiger partial charge in [0.2, 0.25) is 5.91 Å². The number of carbonyl (C=O) groups excluding carboxylic acids is 2. The first kappa shape index (κ1) is 17.1. The van der Waals surface area contributed by atoms with Crippen molar-refractivity contribution in [2.45, 2.75) is 19.5 Å². The first-order chi connectivity index (χ1) is 12.1. The molecule has 25 heavy (non-hydrogen) atoms. The van der Waals surface area contributed by atoms with Gasteiger partial charge >= 0.3 is 0 Å². The molecule has 2 atom stereocenters. The van der Waals surface area contributed by atoms with Crippen LogP contribution in [-0.4, -0.2) is 52.9 Å². The summed E-state index contributed by atoms with van der Waals surface area (Å²) in [4.78, 5) is 34.7. The van der Waals surface area contributed by atoms with Crippen LogP contribution in [0.2, 0.25) is 0 Å². The number of nitrogens with one attached hydrogen (secondary N) is 2. The van der Waals surface area contributed by atoms with Crippen molar-refractivity contribution in [1.29, 1.82) is 0 Å². The molecule has 2 aromatic rings. The zero-order valence-corrected chi connectivity index (χ0v) is 14.2. The van der Waals surface area contributed by atoms with Crippen molar-refractivity contribution in [1.82, 2.24) is 25.5 Å². The molecule has 0 radical (unpaired) electrons. The smallest absolute Gasteiger partial charge is 0.273 e. The molecule has 3 rings (SSSR count). The number of carbonyl (C=O) groups is 2. The molecule has 132 valence electrons. The molecule has 1 aliphatic heterocycles. The van der Waals surface area contributed by atoms with Crippen molar-refractivity contribution in [3.63, 3.8) is 0 Å². The second-order valence-corrected chi connectivity index (χ2v) is 6.10. The molecule has 0 bridgehead atoms. The molecule has 0 aromatic carbocycles. The Kier molecular flexibility index (Phi) is 5.08. The van der Waals surface area contributed by atoms with Gasteiger partial charge in [0, 0.05) is 46.0 Å². The van der Waals surface area contributed by atoms with Crippen LogP contribution in [0.1, 0.15) is 21.9 Å². The van der Waals surface area contributed by atoms with Gasteiger partial charge in [-0.1, -0.05) is 0 Å². The third-order valence-electron chi connectivity index (χ3n) is 4.30. The number of aryl methyl sites for hydroxylation is 1. The Labute approximate surface area is 145 Å². The van der Waals surface area contributed by atoms with Crippen LogP contribution in [-0.2, 0) is 11.3 Å². The second kappa shape index (κ2) is 7.43. The lowest BCUT2D eigenvalue weighted by Gasteiger charge is -2.17. The molecule has 1 aliphatic rings. The summed E-state index contributed by atoms with van der Waals surface area (Å²) in [7, 11) is 1.60. The SMILES string of the molecule is CNC(=O)[C@H]1CN(Cc2ccncc2)C[C@@H]1NC(=O)c1coc(C)n1. The highest BCUT2D eigenvalue weighted by molar-refractivity contribution is 5.92. The number of rotatable bonds is 5. The van der Waals surface area contributed by atoms with Crippen molar-refractivity contribution in [3.8, 4) is 0 Å². The molecule has 2 N–H and O–H groups in total. The molecule has 0 saturated carbocycles. The summed E-state index contributed by atoms with van der Waals surface area (Å²) < 4.78 is 5.08.